The van der Waals surface area contributed by atoms with Gasteiger partial charge >= 0.3 is 0 Å². The van der Waals surface area contributed by atoms with Crippen molar-refractivity contribution in [3.05, 3.63) is 52.2 Å². The lowest BCUT2D eigenvalue weighted by Crippen LogP contribution is -2.05. The zero-order valence-electron chi connectivity index (χ0n) is 11.1. The van der Waals surface area contributed by atoms with Gasteiger partial charge in [-0.3, -0.25) is 0 Å². The van der Waals surface area contributed by atoms with Crippen molar-refractivity contribution >= 4 is 17.0 Å². The van der Waals surface area contributed by atoms with E-state index in [0.29, 0.717) is 6.04 Å². The molecule has 2 rings (SSSR count). The predicted octanol–water partition coefficient (Wildman–Crippen LogP) is 5.26. The molecule has 2 aromatic rings. The Morgan fingerprint density at radius 2 is 1.94 bits per heavy atom. The maximum absolute atomic E-state index is 3.53. The average molecular weight is 259 g/mol. The summed E-state index contributed by atoms with van der Waals surface area (Å²) in [4.78, 5) is 0. The molecule has 18 heavy (non-hydrogen) atoms. The molecule has 1 aromatic heterocycles. The van der Waals surface area contributed by atoms with Crippen molar-refractivity contribution in [1.29, 1.82) is 0 Å². The summed E-state index contributed by atoms with van der Waals surface area (Å²) in [7, 11) is 0. The second-order valence-electron chi connectivity index (χ2n) is 4.72. The zero-order chi connectivity index (χ0) is 12.8. The lowest BCUT2D eigenvalue weighted by atomic mass is 10.1. The van der Waals surface area contributed by atoms with Gasteiger partial charge in [0.2, 0.25) is 0 Å². The number of unbranched alkanes of at least 4 members (excludes halogenated alkanes) is 1. The molecule has 1 N–H and O–H groups in total. The van der Waals surface area contributed by atoms with Gasteiger partial charge in [-0.25, -0.2) is 0 Å². The summed E-state index contributed by atoms with van der Waals surface area (Å²) >= 11 is 1.75. The number of benzene rings is 1. The lowest BCUT2D eigenvalue weighted by Gasteiger charge is -2.14. The van der Waals surface area contributed by atoms with Crippen LogP contribution in [0.5, 0.6) is 0 Å². The fourth-order valence-electron chi connectivity index (χ4n) is 2.00. The first kappa shape index (κ1) is 13.2. The van der Waals surface area contributed by atoms with Crippen LogP contribution in [0.2, 0.25) is 0 Å². The molecular weight excluding hydrogens is 238 g/mol. The second kappa shape index (κ2) is 6.60. The summed E-state index contributed by atoms with van der Waals surface area (Å²) < 4.78 is 0. The first-order valence-electron chi connectivity index (χ1n) is 6.67. The molecule has 0 amide bonds. The molecule has 1 aromatic carbocycles. The van der Waals surface area contributed by atoms with E-state index in [1.54, 1.807) is 11.3 Å². The lowest BCUT2D eigenvalue weighted by molar-refractivity contribution is 0.795. The predicted molar refractivity (Wildman–Crippen MR) is 81.4 cm³/mol. The third-order valence-electron chi connectivity index (χ3n) is 3.20. The van der Waals surface area contributed by atoms with E-state index in [1.807, 2.05) is 0 Å². The molecular formula is C16H21NS. The number of hydrogen-bond acceptors (Lipinski definition) is 2. The van der Waals surface area contributed by atoms with Gasteiger partial charge in [-0.2, -0.15) is 11.3 Å². The summed E-state index contributed by atoms with van der Waals surface area (Å²) in [6, 6.07) is 11.4. The molecule has 0 spiro atoms. The van der Waals surface area contributed by atoms with Crippen molar-refractivity contribution in [2.75, 3.05) is 5.32 Å². The van der Waals surface area contributed by atoms with Crippen molar-refractivity contribution in [2.24, 2.45) is 0 Å². The summed E-state index contributed by atoms with van der Waals surface area (Å²) in [6.45, 7) is 4.44. The Bertz CT molecular complexity index is 444. The highest BCUT2D eigenvalue weighted by Gasteiger charge is 2.05. The van der Waals surface area contributed by atoms with Crippen molar-refractivity contribution in [2.45, 2.75) is 39.2 Å². The van der Waals surface area contributed by atoms with E-state index in [9.17, 15) is 0 Å². The van der Waals surface area contributed by atoms with Gasteiger partial charge in [0, 0.05) is 11.7 Å². The molecule has 1 unspecified atom stereocenters. The van der Waals surface area contributed by atoms with E-state index in [-0.39, 0.29) is 0 Å². The van der Waals surface area contributed by atoms with Crippen LogP contribution >= 0.6 is 11.3 Å². The highest BCUT2D eigenvalue weighted by Crippen LogP contribution is 2.21. The SMILES string of the molecule is CCCCc1ccc(NC(C)c2ccsc2)cc1. The van der Waals surface area contributed by atoms with Gasteiger partial charge in [0.1, 0.15) is 0 Å². The van der Waals surface area contributed by atoms with E-state index < -0.39 is 0 Å². The molecule has 1 nitrogen and oxygen atoms in total. The Morgan fingerprint density at radius 1 is 1.17 bits per heavy atom. The van der Waals surface area contributed by atoms with Gasteiger partial charge in [-0.15, -0.1) is 0 Å². The monoisotopic (exact) mass is 259 g/mol. The Kier molecular flexibility index (Phi) is 4.82. The Labute approximate surface area is 114 Å². The number of anilines is 1. The maximum atomic E-state index is 3.53. The molecule has 0 aliphatic rings. The maximum Gasteiger partial charge on any atom is 0.0493 e. The number of rotatable bonds is 6. The standard InChI is InChI=1S/C16H21NS/c1-3-4-5-14-6-8-16(9-7-14)17-13(2)15-10-11-18-12-15/h6-13,17H,3-5H2,1-2H3. The molecule has 2 heteroatoms. The molecule has 1 atom stereocenters. The van der Waals surface area contributed by atoms with E-state index in [4.69, 9.17) is 0 Å². The van der Waals surface area contributed by atoms with E-state index >= 15 is 0 Å². The van der Waals surface area contributed by atoms with Gasteiger partial charge in [-0.05, 0) is 59.9 Å². The van der Waals surface area contributed by atoms with Crippen LogP contribution in [0.3, 0.4) is 0 Å². The van der Waals surface area contributed by atoms with Crippen LogP contribution in [0.15, 0.2) is 41.1 Å². The first-order chi connectivity index (χ1) is 8.79. The first-order valence-corrected chi connectivity index (χ1v) is 7.61. The molecule has 0 aliphatic heterocycles. The third kappa shape index (κ3) is 3.61. The molecule has 0 radical (unpaired) electrons. The van der Waals surface area contributed by atoms with E-state index in [2.05, 4.69) is 60.3 Å². The van der Waals surface area contributed by atoms with Crippen LogP contribution in [-0.4, -0.2) is 0 Å². The fourth-order valence-corrected chi connectivity index (χ4v) is 2.76. The van der Waals surface area contributed by atoms with Crippen molar-refractivity contribution in [1.82, 2.24) is 0 Å². The topological polar surface area (TPSA) is 12.0 Å². The minimum absolute atomic E-state index is 0.373. The van der Waals surface area contributed by atoms with Crippen molar-refractivity contribution in [3.63, 3.8) is 0 Å². The number of nitrogens with one attached hydrogen (secondary N) is 1. The molecule has 0 saturated heterocycles. The van der Waals surface area contributed by atoms with Crippen LogP contribution in [0.25, 0.3) is 0 Å². The largest absolute Gasteiger partial charge is 0.378 e. The number of hydrogen-bond donors (Lipinski definition) is 1. The van der Waals surface area contributed by atoms with Crippen LogP contribution in [-0.2, 0) is 6.42 Å². The third-order valence-corrected chi connectivity index (χ3v) is 3.90. The smallest absolute Gasteiger partial charge is 0.0493 e. The highest BCUT2D eigenvalue weighted by molar-refractivity contribution is 7.07. The summed E-state index contributed by atoms with van der Waals surface area (Å²) in [5, 5.41) is 7.86. The van der Waals surface area contributed by atoms with Gasteiger partial charge < -0.3 is 5.32 Å². The summed E-state index contributed by atoms with van der Waals surface area (Å²) in [6.07, 6.45) is 3.73. The van der Waals surface area contributed by atoms with Crippen LogP contribution < -0.4 is 5.32 Å². The molecule has 1 heterocycles. The van der Waals surface area contributed by atoms with Gasteiger partial charge in [0.25, 0.3) is 0 Å². The minimum atomic E-state index is 0.373. The fraction of sp³-hybridized carbons (Fsp3) is 0.375. The Balaban J connectivity index is 1.93. The van der Waals surface area contributed by atoms with Crippen LogP contribution in [0.4, 0.5) is 5.69 Å². The number of thiophene rings is 1. The van der Waals surface area contributed by atoms with Gasteiger partial charge in [-0.1, -0.05) is 25.5 Å². The summed E-state index contributed by atoms with van der Waals surface area (Å²) in [5.74, 6) is 0. The Hall–Kier alpha value is -1.28. The zero-order valence-corrected chi connectivity index (χ0v) is 12.0. The highest BCUT2D eigenvalue weighted by atomic mass is 32.1. The van der Waals surface area contributed by atoms with Crippen molar-refractivity contribution < 1.29 is 0 Å². The summed E-state index contributed by atoms with van der Waals surface area (Å²) in [5.41, 5.74) is 3.99. The van der Waals surface area contributed by atoms with Crippen LogP contribution in [0.1, 0.15) is 43.9 Å². The quantitative estimate of drug-likeness (QED) is 0.745. The molecule has 0 fully saturated rings. The molecule has 96 valence electrons. The van der Waals surface area contributed by atoms with Gasteiger partial charge in [0.05, 0.1) is 0 Å². The van der Waals surface area contributed by atoms with E-state index in [0.717, 1.165) is 0 Å². The Morgan fingerprint density at radius 3 is 2.56 bits per heavy atom. The second-order valence-corrected chi connectivity index (χ2v) is 5.50. The van der Waals surface area contributed by atoms with Gasteiger partial charge in [0.15, 0.2) is 0 Å². The molecule has 0 bridgehead atoms. The minimum Gasteiger partial charge on any atom is -0.378 e. The normalized spacial score (nSPS) is 12.3. The molecule has 0 aliphatic carbocycles. The van der Waals surface area contributed by atoms with E-state index in [1.165, 1.54) is 36.1 Å². The van der Waals surface area contributed by atoms with Crippen molar-refractivity contribution in [3.8, 4) is 0 Å². The van der Waals surface area contributed by atoms with Crippen LogP contribution in [0, 0.1) is 0 Å². The number of aryl methyl sites for hydroxylation is 1. The molecule has 0 saturated carbocycles. The average Bonchev–Trinajstić information content (AvgIpc) is 2.92.